The molecule has 0 aromatic carbocycles. The quantitative estimate of drug-likeness (QED) is 0.0194. The van der Waals surface area contributed by atoms with Crippen molar-refractivity contribution >= 4 is 16.3 Å². The first-order valence-corrected chi connectivity index (χ1v) is 26.4. The molecule has 362 valence electrons. The zero-order valence-corrected chi connectivity index (χ0v) is 39.6. The van der Waals surface area contributed by atoms with Gasteiger partial charge in [0.15, 0.2) is 6.29 Å². The second-order valence-corrected chi connectivity index (χ2v) is 18.8. The molecule has 1 aliphatic rings. The molecule has 1 aliphatic heterocycles. The zero-order chi connectivity index (χ0) is 44.8. The molecule has 1 rings (SSSR count). The van der Waals surface area contributed by atoms with Crippen molar-refractivity contribution in [1.82, 2.24) is 5.32 Å². The summed E-state index contributed by atoms with van der Waals surface area (Å²) in [5.41, 5.74) is 0. The molecule has 0 radical (unpaired) electrons. The molecule has 0 aliphatic carbocycles. The summed E-state index contributed by atoms with van der Waals surface area (Å²) in [6.07, 6.45) is 35.4. The van der Waals surface area contributed by atoms with Gasteiger partial charge in [-0.2, -0.15) is 8.42 Å². The minimum Gasteiger partial charge on any atom is -0.394 e. The van der Waals surface area contributed by atoms with Gasteiger partial charge in [-0.05, 0) is 19.3 Å². The predicted molar refractivity (Wildman–Crippen MR) is 246 cm³/mol. The van der Waals surface area contributed by atoms with Crippen LogP contribution in [0.15, 0.2) is 12.2 Å². The summed E-state index contributed by atoms with van der Waals surface area (Å²) in [6, 6.07) is -0.938. The van der Waals surface area contributed by atoms with Gasteiger partial charge in [-0.1, -0.05) is 219 Å². The number of aliphatic hydroxyl groups is 4. The summed E-state index contributed by atoms with van der Waals surface area (Å²) in [4.78, 5) is 13.1. The highest BCUT2D eigenvalue weighted by Crippen LogP contribution is 2.26. The molecule has 1 fully saturated rings. The van der Waals surface area contributed by atoms with Crippen molar-refractivity contribution in [2.75, 3.05) is 13.2 Å². The van der Waals surface area contributed by atoms with Crippen LogP contribution < -0.4 is 5.32 Å². The number of aliphatic hydroxyl groups excluding tert-OH is 4. The molecular weight excluding hydrogens is 799 g/mol. The molecular formula is C48H93NO11S. The summed E-state index contributed by atoms with van der Waals surface area (Å²) >= 11 is 0. The van der Waals surface area contributed by atoms with Crippen LogP contribution in [0.4, 0.5) is 0 Å². The Balaban J connectivity index is 2.42. The fourth-order valence-corrected chi connectivity index (χ4v) is 8.67. The summed E-state index contributed by atoms with van der Waals surface area (Å²) < 4.78 is 47.6. The second-order valence-electron chi connectivity index (χ2n) is 17.8. The Morgan fingerprint density at radius 2 is 1.03 bits per heavy atom. The minimum atomic E-state index is -5.08. The van der Waals surface area contributed by atoms with Crippen LogP contribution in [0.2, 0.25) is 0 Å². The number of rotatable bonds is 43. The molecule has 6 N–H and O–H groups in total. The van der Waals surface area contributed by atoms with Crippen LogP contribution in [0.5, 0.6) is 0 Å². The van der Waals surface area contributed by atoms with E-state index >= 15 is 0 Å². The first-order valence-electron chi connectivity index (χ1n) is 25.1. The van der Waals surface area contributed by atoms with Gasteiger partial charge in [-0.25, -0.2) is 4.18 Å². The van der Waals surface area contributed by atoms with E-state index in [4.69, 9.17) is 9.47 Å². The molecule has 1 heterocycles. The first kappa shape index (κ1) is 57.9. The number of carbonyl (C=O) groups excluding carboxylic acids is 1. The lowest BCUT2D eigenvalue weighted by atomic mass is 9.99. The minimum absolute atomic E-state index is 0.259. The Kier molecular flexibility index (Phi) is 37.2. The van der Waals surface area contributed by atoms with Crippen LogP contribution >= 0.6 is 0 Å². The van der Waals surface area contributed by atoms with Crippen LogP contribution in [0, 0.1) is 0 Å². The van der Waals surface area contributed by atoms with Crippen LogP contribution in [0.1, 0.15) is 232 Å². The number of hydrogen-bond acceptors (Lipinski definition) is 10. The maximum atomic E-state index is 13.1. The first-order chi connectivity index (χ1) is 29.5. The van der Waals surface area contributed by atoms with Crippen molar-refractivity contribution in [2.24, 2.45) is 0 Å². The fraction of sp³-hybridized carbons (Fsp3) is 0.938. The number of hydrogen-bond donors (Lipinski definition) is 6. The predicted octanol–water partition coefficient (Wildman–Crippen LogP) is 10.3. The molecule has 13 heteroatoms. The van der Waals surface area contributed by atoms with E-state index in [1.807, 2.05) is 6.08 Å². The van der Waals surface area contributed by atoms with Crippen molar-refractivity contribution in [3.05, 3.63) is 12.2 Å². The highest BCUT2D eigenvalue weighted by atomic mass is 32.3. The van der Waals surface area contributed by atoms with Gasteiger partial charge in [0.2, 0.25) is 5.91 Å². The van der Waals surface area contributed by atoms with Gasteiger partial charge in [-0.3, -0.25) is 9.35 Å². The van der Waals surface area contributed by atoms with Crippen molar-refractivity contribution in [1.29, 1.82) is 0 Å². The van der Waals surface area contributed by atoms with E-state index in [9.17, 15) is 38.2 Å². The Hall–Kier alpha value is -1.16. The largest absolute Gasteiger partial charge is 0.397 e. The number of carbonyl (C=O) groups is 1. The van der Waals surface area contributed by atoms with E-state index in [2.05, 4.69) is 23.3 Å². The molecule has 7 atom stereocenters. The fourth-order valence-electron chi connectivity index (χ4n) is 8.16. The number of amides is 1. The number of ether oxygens (including phenoxy) is 2. The summed E-state index contributed by atoms with van der Waals surface area (Å²) in [5, 5.41) is 44.7. The Morgan fingerprint density at radius 1 is 0.639 bits per heavy atom. The van der Waals surface area contributed by atoms with E-state index in [0.29, 0.717) is 6.42 Å². The third-order valence-electron chi connectivity index (χ3n) is 12.1. The standard InChI is InChI=1S/C48H93NO11S/c1-3-5-7-9-11-13-15-17-18-19-20-21-22-23-24-26-28-30-32-34-36-38-44(52)49-41(42(51)37-35-33-31-29-27-25-16-14-12-10-8-6-4-2)40-58-48-46(54)47(60-61(55,56)57)45(53)43(39-50)59-48/h35,37,41-43,45-48,50-51,53-54H,3-34,36,38-40H2,1-2H3,(H,49,52)(H,55,56,57)/b37-35+/t41-,42+,43?,45-,46?,47-,48+/m0/s1. The van der Waals surface area contributed by atoms with Gasteiger partial charge in [0, 0.05) is 6.42 Å². The Bertz CT molecular complexity index is 1140. The van der Waals surface area contributed by atoms with E-state index in [0.717, 1.165) is 38.5 Å². The van der Waals surface area contributed by atoms with E-state index in [1.165, 1.54) is 167 Å². The van der Waals surface area contributed by atoms with Crippen LogP contribution in [0.25, 0.3) is 0 Å². The average molecular weight is 892 g/mol. The van der Waals surface area contributed by atoms with Gasteiger partial charge < -0.3 is 35.2 Å². The van der Waals surface area contributed by atoms with Crippen LogP contribution in [-0.2, 0) is 28.9 Å². The lowest BCUT2D eigenvalue weighted by molar-refractivity contribution is -0.298. The molecule has 0 saturated carbocycles. The van der Waals surface area contributed by atoms with Gasteiger partial charge in [0.05, 0.1) is 25.4 Å². The van der Waals surface area contributed by atoms with Crippen molar-refractivity contribution in [3.8, 4) is 0 Å². The zero-order valence-electron chi connectivity index (χ0n) is 38.7. The van der Waals surface area contributed by atoms with Crippen molar-refractivity contribution in [2.45, 2.75) is 275 Å². The maximum Gasteiger partial charge on any atom is 0.397 e. The van der Waals surface area contributed by atoms with Gasteiger partial charge in [-0.15, -0.1) is 0 Å². The van der Waals surface area contributed by atoms with E-state index in [1.54, 1.807) is 6.08 Å². The monoisotopic (exact) mass is 892 g/mol. The third-order valence-corrected chi connectivity index (χ3v) is 12.5. The molecule has 1 saturated heterocycles. The normalized spacial score (nSPS) is 20.7. The molecule has 2 unspecified atom stereocenters. The molecule has 0 aromatic heterocycles. The third kappa shape index (κ3) is 32.2. The van der Waals surface area contributed by atoms with Crippen LogP contribution in [-0.4, -0.2) is 95.4 Å². The molecule has 0 aromatic rings. The Morgan fingerprint density at radius 3 is 1.43 bits per heavy atom. The summed E-state index contributed by atoms with van der Waals surface area (Å²) in [6.45, 7) is 3.40. The summed E-state index contributed by atoms with van der Waals surface area (Å²) in [5.74, 6) is -0.259. The van der Waals surface area contributed by atoms with E-state index < -0.39 is 59.9 Å². The average Bonchev–Trinajstić information content (AvgIpc) is 3.23. The SMILES string of the molecule is CCCCCCCCCCCCC/C=C/[C@@H](O)[C@H](CO[C@@H]1OC(CO)[C@H](O)[C@H](OS(=O)(=O)O)C1O)NC(=O)CCCCCCCCCCCCCCCCCCCCCCC. The molecule has 0 bridgehead atoms. The lowest BCUT2D eigenvalue weighted by Gasteiger charge is -2.41. The van der Waals surface area contributed by atoms with E-state index in [-0.39, 0.29) is 18.9 Å². The summed E-state index contributed by atoms with van der Waals surface area (Å²) in [7, 11) is -5.08. The van der Waals surface area contributed by atoms with Crippen molar-refractivity contribution < 1.29 is 51.8 Å². The van der Waals surface area contributed by atoms with Gasteiger partial charge in [0.25, 0.3) is 0 Å². The smallest absolute Gasteiger partial charge is 0.394 e. The molecule has 1 amide bonds. The maximum absolute atomic E-state index is 13.1. The van der Waals surface area contributed by atoms with Gasteiger partial charge >= 0.3 is 10.4 Å². The highest BCUT2D eigenvalue weighted by Gasteiger charge is 2.48. The Labute approximate surface area is 372 Å². The van der Waals surface area contributed by atoms with Crippen LogP contribution in [0.3, 0.4) is 0 Å². The second kappa shape index (κ2) is 39.2. The number of unbranched alkanes of at least 4 members (excludes halogenated alkanes) is 31. The van der Waals surface area contributed by atoms with Gasteiger partial charge in [0.1, 0.15) is 24.4 Å². The molecule has 12 nitrogen and oxygen atoms in total. The molecule has 61 heavy (non-hydrogen) atoms. The topological polar surface area (TPSA) is 192 Å². The molecule has 0 spiro atoms. The highest BCUT2D eigenvalue weighted by molar-refractivity contribution is 7.80. The lowest BCUT2D eigenvalue weighted by Crippen LogP contribution is -2.61. The number of nitrogens with one attached hydrogen (secondary N) is 1. The number of allylic oxidation sites excluding steroid dienone is 1. The van der Waals surface area contributed by atoms with Crippen molar-refractivity contribution in [3.63, 3.8) is 0 Å².